The van der Waals surface area contributed by atoms with E-state index in [1.54, 1.807) is 12.3 Å². The fourth-order valence-corrected chi connectivity index (χ4v) is 4.28. The number of piperazine rings is 1. The van der Waals surface area contributed by atoms with E-state index in [0.29, 0.717) is 18.1 Å². The van der Waals surface area contributed by atoms with Crippen molar-refractivity contribution in [1.29, 1.82) is 0 Å². The highest BCUT2D eigenvalue weighted by Gasteiger charge is 2.32. The van der Waals surface area contributed by atoms with E-state index in [9.17, 15) is 9.90 Å². The summed E-state index contributed by atoms with van der Waals surface area (Å²) in [5, 5.41) is 12.1. The standard InChI is InChI=1S/C21H21Cl2N3O2/c22-15-3-1-2-14(10-15)13-25-6-8-26(9-7-25)20(21(27)28)18-12-24-19-5-4-16(23)11-17(18)19/h1-5,10-12,20,24H,6-9,13H2,(H,27,28). The Labute approximate surface area is 173 Å². The number of rotatable bonds is 5. The molecule has 1 aliphatic heterocycles. The Balaban J connectivity index is 1.49. The predicted molar refractivity (Wildman–Crippen MR) is 112 cm³/mol. The molecule has 1 unspecified atom stereocenters. The van der Waals surface area contributed by atoms with Crippen LogP contribution >= 0.6 is 23.2 Å². The third-order valence-corrected chi connectivity index (χ3v) is 5.74. The van der Waals surface area contributed by atoms with Crippen molar-refractivity contribution in [3.63, 3.8) is 0 Å². The van der Waals surface area contributed by atoms with Gasteiger partial charge in [-0.05, 0) is 35.9 Å². The number of aromatic amines is 1. The van der Waals surface area contributed by atoms with Gasteiger partial charge in [-0.15, -0.1) is 0 Å². The molecule has 0 bridgehead atoms. The van der Waals surface area contributed by atoms with Crippen molar-refractivity contribution in [3.8, 4) is 0 Å². The number of benzene rings is 2. The minimum atomic E-state index is -0.843. The topological polar surface area (TPSA) is 59.6 Å². The summed E-state index contributed by atoms with van der Waals surface area (Å²) in [5.74, 6) is -0.843. The minimum Gasteiger partial charge on any atom is -0.480 e. The number of halogens is 2. The maximum absolute atomic E-state index is 12.1. The minimum absolute atomic E-state index is 0.601. The molecular formula is C21H21Cl2N3O2. The first kappa shape index (κ1) is 19.3. The van der Waals surface area contributed by atoms with Gasteiger partial charge in [-0.3, -0.25) is 14.6 Å². The van der Waals surface area contributed by atoms with Crippen LogP contribution in [0.2, 0.25) is 10.0 Å². The fraction of sp³-hybridized carbons (Fsp3) is 0.286. The van der Waals surface area contributed by atoms with Crippen LogP contribution in [-0.2, 0) is 11.3 Å². The first-order valence-corrected chi connectivity index (χ1v) is 9.97. The molecule has 1 aliphatic rings. The molecule has 1 saturated heterocycles. The molecular weight excluding hydrogens is 397 g/mol. The van der Waals surface area contributed by atoms with Crippen molar-refractivity contribution in [2.75, 3.05) is 26.2 Å². The van der Waals surface area contributed by atoms with Gasteiger partial charge in [-0.25, -0.2) is 0 Å². The van der Waals surface area contributed by atoms with Gasteiger partial charge < -0.3 is 10.1 Å². The molecule has 1 atom stereocenters. The highest BCUT2D eigenvalue weighted by molar-refractivity contribution is 6.31. The smallest absolute Gasteiger partial charge is 0.325 e. The van der Waals surface area contributed by atoms with E-state index >= 15 is 0 Å². The largest absolute Gasteiger partial charge is 0.480 e. The Morgan fingerprint density at radius 3 is 2.54 bits per heavy atom. The number of nitrogens with zero attached hydrogens (tertiary/aromatic N) is 2. The van der Waals surface area contributed by atoms with Crippen LogP contribution < -0.4 is 0 Å². The van der Waals surface area contributed by atoms with E-state index in [1.165, 1.54) is 5.56 Å². The molecule has 4 rings (SSSR count). The van der Waals surface area contributed by atoms with E-state index in [-0.39, 0.29) is 0 Å². The highest BCUT2D eigenvalue weighted by atomic mass is 35.5. The second kappa shape index (κ2) is 8.13. The molecule has 1 fully saturated rings. The lowest BCUT2D eigenvalue weighted by atomic mass is 10.0. The number of fused-ring (bicyclic) bond motifs is 1. The molecule has 5 nitrogen and oxygen atoms in total. The Kier molecular flexibility index (Phi) is 5.60. The van der Waals surface area contributed by atoms with Gasteiger partial charge in [0.15, 0.2) is 0 Å². The molecule has 0 saturated carbocycles. The van der Waals surface area contributed by atoms with E-state index in [2.05, 4.69) is 16.0 Å². The summed E-state index contributed by atoms with van der Waals surface area (Å²) in [5.41, 5.74) is 2.82. The lowest BCUT2D eigenvalue weighted by Gasteiger charge is -2.37. The number of aliphatic carboxylic acids is 1. The first-order chi connectivity index (χ1) is 13.5. The van der Waals surface area contributed by atoms with Crippen LogP contribution in [0.5, 0.6) is 0 Å². The molecule has 2 N–H and O–H groups in total. The summed E-state index contributed by atoms with van der Waals surface area (Å²) < 4.78 is 0. The van der Waals surface area contributed by atoms with Crippen LogP contribution in [0.1, 0.15) is 17.2 Å². The summed E-state index contributed by atoms with van der Waals surface area (Å²) in [6.45, 7) is 3.79. The number of H-pyrrole nitrogens is 1. The van der Waals surface area contributed by atoms with Crippen molar-refractivity contribution >= 4 is 40.1 Å². The molecule has 2 heterocycles. The fourth-order valence-electron chi connectivity index (χ4n) is 3.90. The van der Waals surface area contributed by atoms with Gasteiger partial charge in [0, 0.05) is 65.4 Å². The molecule has 146 valence electrons. The third-order valence-electron chi connectivity index (χ3n) is 5.27. The van der Waals surface area contributed by atoms with Gasteiger partial charge in [0.25, 0.3) is 0 Å². The van der Waals surface area contributed by atoms with Crippen molar-refractivity contribution < 1.29 is 9.90 Å². The maximum atomic E-state index is 12.1. The Morgan fingerprint density at radius 1 is 1.07 bits per heavy atom. The molecule has 28 heavy (non-hydrogen) atoms. The Bertz CT molecular complexity index is 996. The monoisotopic (exact) mass is 417 g/mol. The summed E-state index contributed by atoms with van der Waals surface area (Å²) in [4.78, 5) is 19.6. The van der Waals surface area contributed by atoms with Crippen LogP contribution in [0.15, 0.2) is 48.7 Å². The van der Waals surface area contributed by atoms with Gasteiger partial charge in [0.2, 0.25) is 0 Å². The van der Waals surface area contributed by atoms with E-state index in [4.69, 9.17) is 23.2 Å². The van der Waals surface area contributed by atoms with Crippen molar-refractivity contribution in [1.82, 2.24) is 14.8 Å². The molecule has 2 aromatic carbocycles. The number of hydrogen-bond acceptors (Lipinski definition) is 3. The van der Waals surface area contributed by atoms with E-state index < -0.39 is 12.0 Å². The second-order valence-corrected chi connectivity index (χ2v) is 7.99. The van der Waals surface area contributed by atoms with Gasteiger partial charge in [-0.2, -0.15) is 0 Å². The van der Waals surface area contributed by atoms with Gasteiger partial charge in [0.1, 0.15) is 6.04 Å². The lowest BCUT2D eigenvalue weighted by Crippen LogP contribution is -2.48. The summed E-state index contributed by atoms with van der Waals surface area (Å²) in [6.07, 6.45) is 1.79. The average molecular weight is 418 g/mol. The van der Waals surface area contributed by atoms with Crippen molar-refractivity contribution in [2.45, 2.75) is 12.6 Å². The zero-order valence-electron chi connectivity index (χ0n) is 15.2. The quantitative estimate of drug-likeness (QED) is 0.644. The summed E-state index contributed by atoms with van der Waals surface area (Å²) in [7, 11) is 0. The van der Waals surface area contributed by atoms with Crippen LogP contribution in [0.25, 0.3) is 10.9 Å². The molecule has 0 amide bonds. The SMILES string of the molecule is O=C(O)C(c1c[nH]c2ccc(Cl)cc12)N1CCN(Cc2cccc(Cl)c2)CC1. The molecule has 3 aromatic rings. The number of nitrogens with one attached hydrogen (secondary N) is 1. The van der Waals surface area contributed by atoms with Gasteiger partial charge in [-0.1, -0.05) is 35.3 Å². The van der Waals surface area contributed by atoms with Crippen LogP contribution in [0.3, 0.4) is 0 Å². The highest BCUT2D eigenvalue weighted by Crippen LogP contribution is 2.31. The third kappa shape index (κ3) is 4.03. The Hall–Kier alpha value is -2.05. The number of hydrogen-bond donors (Lipinski definition) is 2. The van der Waals surface area contributed by atoms with E-state index in [0.717, 1.165) is 41.1 Å². The van der Waals surface area contributed by atoms with Crippen molar-refractivity contribution in [3.05, 3.63) is 69.8 Å². The number of carboxylic acids is 1. The second-order valence-electron chi connectivity index (χ2n) is 7.12. The van der Waals surface area contributed by atoms with Crippen LogP contribution in [0.4, 0.5) is 0 Å². The molecule has 1 aromatic heterocycles. The number of carboxylic acid groups (broad SMARTS) is 1. The zero-order valence-corrected chi connectivity index (χ0v) is 16.7. The Morgan fingerprint density at radius 2 is 1.82 bits per heavy atom. The number of aromatic nitrogens is 1. The average Bonchev–Trinajstić information content (AvgIpc) is 3.06. The molecule has 0 radical (unpaired) electrons. The maximum Gasteiger partial charge on any atom is 0.325 e. The summed E-state index contributed by atoms with van der Waals surface area (Å²) >= 11 is 12.2. The molecule has 0 spiro atoms. The van der Waals surface area contributed by atoms with Crippen LogP contribution in [0, 0.1) is 0 Å². The van der Waals surface area contributed by atoms with Crippen LogP contribution in [-0.4, -0.2) is 52.0 Å². The van der Waals surface area contributed by atoms with E-state index in [1.807, 2.05) is 35.2 Å². The lowest BCUT2D eigenvalue weighted by molar-refractivity contribution is -0.144. The van der Waals surface area contributed by atoms with Gasteiger partial charge >= 0.3 is 5.97 Å². The normalized spacial score (nSPS) is 17.1. The van der Waals surface area contributed by atoms with Gasteiger partial charge in [0.05, 0.1) is 0 Å². The molecule has 0 aliphatic carbocycles. The first-order valence-electron chi connectivity index (χ1n) is 9.21. The predicted octanol–water partition coefficient (Wildman–Crippen LogP) is 4.42. The molecule has 7 heteroatoms. The zero-order chi connectivity index (χ0) is 19.7. The van der Waals surface area contributed by atoms with Crippen molar-refractivity contribution in [2.24, 2.45) is 0 Å². The summed E-state index contributed by atoms with van der Waals surface area (Å²) in [6, 6.07) is 12.7. The number of carbonyl (C=O) groups is 1.